The highest BCUT2D eigenvalue weighted by Gasteiger charge is 2.66. The lowest BCUT2D eigenvalue weighted by Crippen LogP contribution is -2.52. The molecule has 1 atom stereocenters. The first-order valence-corrected chi connectivity index (χ1v) is 10.1. The molecule has 2 heterocycles. The van der Waals surface area contributed by atoms with Crippen LogP contribution in [-0.4, -0.2) is 62.0 Å². The van der Waals surface area contributed by atoms with Gasteiger partial charge in [-0.25, -0.2) is 0 Å². The van der Waals surface area contributed by atoms with E-state index in [0.29, 0.717) is 22.6 Å². The van der Waals surface area contributed by atoms with E-state index in [1.54, 1.807) is 56.4 Å². The number of aliphatic hydroxyl groups excluding tert-OH is 1. The summed E-state index contributed by atoms with van der Waals surface area (Å²) in [6, 6.07) is 11.9. The van der Waals surface area contributed by atoms with E-state index in [-0.39, 0.29) is 18.7 Å². The van der Waals surface area contributed by atoms with Crippen molar-refractivity contribution in [2.75, 3.05) is 39.3 Å². The number of likely N-dealkylation sites (tertiary alicyclic amines) is 1. The van der Waals surface area contributed by atoms with Crippen molar-refractivity contribution in [3.8, 4) is 5.75 Å². The predicted octanol–water partition coefficient (Wildman–Crippen LogP) is 2.20. The van der Waals surface area contributed by atoms with E-state index in [9.17, 15) is 19.5 Å². The first-order chi connectivity index (χ1) is 15.3. The first kappa shape index (κ1) is 21.6. The van der Waals surface area contributed by atoms with Crippen LogP contribution in [-0.2, 0) is 24.7 Å². The van der Waals surface area contributed by atoms with E-state index in [2.05, 4.69) is 0 Å². The van der Waals surface area contributed by atoms with Gasteiger partial charge in [-0.1, -0.05) is 18.2 Å². The summed E-state index contributed by atoms with van der Waals surface area (Å²) in [5.41, 5.74) is 0.0654. The van der Waals surface area contributed by atoms with Crippen LogP contribution in [0.3, 0.4) is 0 Å². The molecule has 1 spiro atoms. The molecular formula is C24H24N2O6. The molecule has 1 unspecified atom stereocenters. The fraction of sp³-hybridized carbons (Fsp3) is 0.292. The molecule has 166 valence electrons. The number of methoxy groups -OCH3 is 2. The van der Waals surface area contributed by atoms with Crippen molar-refractivity contribution in [3.63, 3.8) is 0 Å². The van der Waals surface area contributed by atoms with Crippen LogP contribution in [0.5, 0.6) is 5.75 Å². The fourth-order valence-electron chi connectivity index (χ4n) is 4.62. The molecule has 4 rings (SSSR count). The van der Waals surface area contributed by atoms with Crippen molar-refractivity contribution in [1.29, 1.82) is 0 Å². The quantitative estimate of drug-likeness (QED) is 0.439. The van der Waals surface area contributed by atoms with E-state index >= 15 is 0 Å². The van der Waals surface area contributed by atoms with Gasteiger partial charge in [0.15, 0.2) is 5.54 Å². The smallest absolute Gasteiger partial charge is 0.296 e. The van der Waals surface area contributed by atoms with Gasteiger partial charge in [-0.3, -0.25) is 14.4 Å². The Morgan fingerprint density at radius 1 is 1.09 bits per heavy atom. The summed E-state index contributed by atoms with van der Waals surface area (Å²) in [6.07, 6.45) is 0. The number of anilines is 1. The third-order valence-corrected chi connectivity index (χ3v) is 6.13. The lowest BCUT2D eigenvalue weighted by atomic mass is 9.82. The van der Waals surface area contributed by atoms with Gasteiger partial charge in [-0.2, -0.15) is 0 Å². The number of aryl methyl sites for hydroxylation is 1. The number of amides is 2. The molecule has 0 saturated carbocycles. The summed E-state index contributed by atoms with van der Waals surface area (Å²) in [4.78, 5) is 42.8. The van der Waals surface area contributed by atoms with E-state index in [1.165, 1.54) is 24.0 Å². The highest BCUT2D eigenvalue weighted by molar-refractivity contribution is 6.50. The van der Waals surface area contributed by atoms with Crippen LogP contribution >= 0.6 is 0 Å². The predicted molar refractivity (Wildman–Crippen MR) is 117 cm³/mol. The summed E-state index contributed by atoms with van der Waals surface area (Å²) >= 11 is 0. The third-order valence-electron chi connectivity index (χ3n) is 6.13. The van der Waals surface area contributed by atoms with Crippen molar-refractivity contribution in [3.05, 3.63) is 64.7 Å². The number of fused-ring (bicyclic) bond motifs is 2. The summed E-state index contributed by atoms with van der Waals surface area (Å²) in [5.74, 6) is -2.05. The number of likely N-dealkylation sites (N-methyl/N-ethyl adjacent to an activating group) is 1. The number of Topliss-reactive ketones (excluding diaryl/α,β-unsaturated/α-hetero) is 1. The fourth-order valence-corrected chi connectivity index (χ4v) is 4.62. The van der Waals surface area contributed by atoms with Gasteiger partial charge in [0.1, 0.15) is 11.5 Å². The third kappa shape index (κ3) is 2.76. The molecule has 2 aromatic rings. The molecule has 1 saturated heterocycles. The zero-order valence-corrected chi connectivity index (χ0v) is 18.3. The second-order valence-electron chi connectivity index (χ2n) is 7.78. The highest BCUT2D eigenvalue weighted by atomic mass is 16.5. The second kappa shape index (κ2) is 7.80. The Hall–Kier alpha value is -3.65. The van der Waals surface area contributed by atoms with Crippen molar-refractivity contribution in [2.45, 2.75) is 12.5 Å². The SMILES string of the molecule is COCCN1C(=O)C(=O)/C(=C(/O)c2ccc(OC)c(C)c2)C12C(=O)N(C)c1ccccc12. The average molecular weight is 436 g/mol. The van der Waals surface area contributed by atoms with Gasteiger partial charge in [-0.15, -0.1) is 0 Å². The van der Waals surface area contributed by atoms with Gasteiger partial charge >= 0.3 is 0 Å². The number of hydrogen-bond acceptors (Lipinski definition) is 6. The van der Waals surface area contributed by atoms with Gasteiger partial charge in [0, 0.05) is 37.5 Å². The maximum Gasteiger partial charge on any atom is 0.296 e. The summed E-state index contributed by atoms with van der Waals surface area (Å²) in [7, 11) is 4.59. The van der Waals surface area contributed by atoms with Crippen LogP contribution in [0.4, 0.5) is 5.69 Å². The lowest BCUT2D eigenvalue weighted by Gasteiger charge is -2.34. The lowest BCUT2D eigenvalue weighted by molar-refractivity contribution is -0.144. The number of ketones is 1. The maximum absolute atomic E-state index is 13.7. The van der Waals surface area contributed by atoms with Crippen LogP contribution < -0.4 is 9.64 Å². The van der Waals surface area contributed by atoms with E-state index in [4.69, 9.17) is 9.47 Å². The minimum absolute atomic E-state index is 0.00735. The van der Waals surface area contributed by atoms with Crippen molar-refractivity contribution >= 4 is 29.0 Å². The number of benzene rings is 2. The number of nitrogens with zero attached hydrogens (tertiary/aromatic N) is 2. The number of aliphatic hydroxyl groups is 1. The highest BCUT2D eigenvalue weighted by Crippen LogP contribution is 2.53. The Labute approximate surface area is 185 Å². The molecule has 2 amide bonds. The van der Waals surface area contributed by atoms with Gasteiger partial charge in [-0.05, 0) is 36.8 Å². The van der Waals surface area contributed by atoms with Gasteiger partial charge in [0.05, 0.1) is 19.3 Å². The number of hydrogen-bond donors (Lipinski definition) is 1. The first-order valence-electron chi connectivity index (χ1n) is 10.1. The standard InChI is InChI=1S/C24H24N2O6/c1-14-13-15(9-10-18(14)32-4)20(27)19-21(28)22(29)26(11-12-31-3)24(19)16-7-5-6-8-17(16)25(2)23(24)30/h5-10,13,27H,11-12H2,1-4H3/b20-19-. The Morgan fingerprint density at radius 3 is 2.47 bits per heavy atom. The Kier molecular flexibility index (Phi) is 5.26. The molecule has 1 N–H and O–H groups in total. The number of para-hydroxylation sites is 1. The number of ether oxygens (including phenoxy) is 2. The second-order valence-corrected chi connectivity index (χ2v) is 7.78. The maximum atomic E-state index is 13.7. The molecular weight excluding hydrogens is 412 g/mol. The van der Waals surface area contributed by atoms with Gasteiger partial charge < -0.3 is 24.4 Å². The molecule has 0 aromatic heterocycles. The molecule has 2 aromatic carbocycles. The van der Waals surface area contributed by atoms with Crippen LogP contribution in [0.2, 0.25) is 0 Å². The molecule has 0 radical (unpaired) electrons. The molecule has 32 heavy (non-hydrogen) atoms. The summed E-state index contributed by atoms with van der Waals surface area (Å²) in [6.45, 7) is 1.93. The van der Waals surface area contributed by atoms with Crippen molar-refractivity contribution in [1.82, 2.24) is 4.90 Å². The molecule has 8 nitrogen and oxygen atoms in total. The molecule has 8 heteroatoms. The summed E-state index contributed by atoms with van der Waals surface area (Å²) in [5, 5.41) is 11.3. The minimum atomic E-state index is -1.77. The van der Waals surface area contributed by atoms with E-state index < -0.39 is 28.9 Å². The van der Waals surface area contributed by atoms with Crippen LogP contribution in [0.25, 0.3) is 5.76 Å². The zero-order valence-electron chi connectivity index (χ0n) is 18.3. The minimum Gasteiger partial charge on any atom is -0.507 e. The topological polar surface area (TPSA) is 96.4 Å². The largest absolute Gasteiger partial charge is 0.507 e. The normalized spacial score (nSPS) is 21.6. The Bertz CT molecular complexity index is 1170. The van der Waals surface area contributed by atoms with Crippen molar-refractivity contribution in [2.24, 2.45) is 0 Å². The van der Waals surface area contributed by atoms with Crippen LogP contribution in [0.15, 0.2) is 48.0 Å². The molecule has 2 aliphatic rings. The van der Waals surface area contributed by atoms with Gasteiger partial charge in [0.2, 0.25) is 0 Å². The van der Waals surface area contributed by atoms with E-state index in [1.807, 2.05) is 0 Å². The average Bonchev–Trinajstić information content (AvgIpc) is 3.15. The number of carbonyl (C=O) groups excluding carboxylic acids is 3. The van der Waals surface area contributed by atoms with Crippen LogP contribution in [0, 0.1) is 6.92 Å². The van der Waals surface area contributed by atoms with E-state index in [0.717, 1.165) is 5.56 Å². The monoisotopic (exact) mass is 436 g/mol. The molecule has 0 bridgehead atoms. The zero-order chi connectivity index (χ0) is 23.2. The number of carbonyl (C=O) groups is 3. The molecule has 0 aliphatic carbocycles. The van der Waals surface area contributed by atoms with Crippen LogP contribution in [0.1, 0.15) is 16.7 Å². The molecule has 1 fully saturated rings. The Morgan fingerprint density at radius 2 is 1.81 bits per heavy atom. The van der Waals surface area contributed by atoms with Gasteiger partial charge in [0.25, 0.3) is 17.6 Å². The molecule has 2 aliphatic heterocycles. The summed E-state index contributed by atoms with van der Waals surface area (Å²) < 4.78 is 10.4. The Balaban J connectivity index is 2.04. The van der Waals surface area contributed by atoms with Crippen molar-refractivity contribution < 1.29 is 29.0 Å². The number of rotatable bonds is 5.